The van der Waals surface area contributed by atoms with Crippen molar-refractivity contribution in [2.24, 2.45) is 0 Å². The van der Waals surface area contributed by atoms with Crippen LogP contribution in [0.15, 0.2) is 200 Å². The van der Waals surface area contributed by atoms with E-state index in [9.17, 15) is 0 Å². The number of rotatable bonds is 10. The molecule has 2 aliphatic heterocycles. The molecule has 2 nitrogen and oxygen atoms in total. The van der Waals surface area contributed by atoms with Gasteiger partial charge in [0.05, 0.1) is 0 Å². The first-order valence-electron chi connectivity index (χ1n) is 22.3. The van der Waals surface area contributed by atoms with Gasteiger partial charge in [0.25, 0.3) is 6.71 Å². The second-order valence-electron chi connectivity index (χ2n) is 17.6. The molecule has 0 saturated heterocycles. The molecule has 0 bridgehead atoms. The van der Waals surface area contributed by atoms with Crippen LogP contribution in [0.5, 0.6) is 0 Å². The molecule has 0 aromatic heterocycles. The van der Waals surface area contributed by atoms with Crippen molar-refractivity contribution in [1.29, 1.82) is 0 Å². The van der Waals surface area contributed by atoms with E-state index in [1.807, 2.05) is 48.5 Å². The van der Waals surface area contributed by atoms with Crippen molar-refractivity contribution in [3.05, 3.63) is 245 Å². The Morgan fingerprint density at radius 1 is 0.292 bits per heavy atom. The van der Waals surface area contributed by atoms with Crippen LogP contribution in [-0.2, 0) is 25.7 Å². The molecule has 0 amide bonds. The van der Waals surface area contributed by atoms with E-state index in [2.05, 4.69) is 161 Å². The smallest absolute Gasteiger partial charge is 0.252 e. The number of hydrogen-bond acceptors (Lipinski definition) is 2. The maximum Gasteiger partial charge on any atom is 0.252 e. The molecular weight excluding hydrogens is 779 g/mol. The SMILES string of the molecule is [B]c1ccc(Cc2ccc(N3c4ccc(Cc5ccc([B])cc5)cc4B4c5cc(Cc6ccc([B])cc6)ccc5N(c5ccc(Cc6ccc([B])cc6)cc5)c5cccc3c54)cc2)cc1. The quantitative estimate of drug-likeness (QED) is 0.134. The lowest BCUT2D eigenvalue weighted by atomic mass is 9.33. The number of nitrogens with zero attached hydrogens (tertiary/aromatic N) is 2. The summed E-state index contributed by atoms with van der Waals surface area (Å²) in [7, 11) is 24.3. The summed E-state index contributed by atoms with van der Waals surface area (Å²) in [5.74, 6) is 0. The number of anilines is 6. The minimum Gasteiger partial charge on any atom is -0.311 e. The fourth-order valence-corrected chi connectivity index (χ4v) is 9.83. The number of benzene rings is 9. The molecule has 0 spiro atoms. The minimum atomic E-state index is -0.0222. The van der Waals surface area contributed by atoms with E-state index in [0.29, 0.717) is 0 Å². The van der Waals surface area contributed by atoms with Crippen LogP contribution < -0.4 is 48.0 Å². The van der Waals surface area contributed by atoms with Crippen LogP contribution >= 0.6 is 0 Å². The van der Waals surface area contributed by atoms with Crippen LogP contribution in [0.3, 0.4) is 0 Å². The van der Waals surface area contributed by atoms with Crippen LogP contribution in [0.1, 0.15) is 44.5 Å². The van der Waals surface area contributed by atoms with Crippen LogP contribution in [0.4, 0.5) is 34.1 Å². The van der Waals surface area contributed by atoms with Crippen LogP contribution in [-0.4, -0.2) is 38.1 Å². The maximum absolute atomic E-state index is 6.12. The van der Waals surface area contributed by atoms with Crippen molar-refractivity contribution in [3.8, 4) is 0 Å². The molecule has 2 aliphatic rings. The molecule has 0 N–H and O–H groups in total. The molecule has 0 unspecified atom stereocenters. The lowest BCUT2D eigenvalue weighted by Gasteiger charge is -2.44. The molecule has 9 aromatic carbocycles. The van der Waals surface area contributed by atoms with Gasteiger partial charge in [0.15, 0.2) is 0 Å². The van der Waals surface area contributed by atoms with Gasteiger partial charge in [0.1, 0.15) is 31.4 Å². The molecule has 0 fully saturated rings. The van der Waals surface area contributed by atoms with E-state index in [1.54, 1.807) is 0 Å². The average molecular weight is 820 g/mol. The van der Waals surface area contributed by atoms with Crippen molar-refractivity contribution in [3.63, 3.8) is 0 Å². The van der Waals surface area contributed by atoms with Gasteiger partial charge in [-0.1, -0.05) is 174 Å². The number of hydrogen-bond donors (Lipinski definition) is 0. The third-order valence-corrected chi connectivity index (χ3v) is 13.1. The van der Waals surface area contributed by atoms with Gasteiger partial charge >= 0.3 is 0 Å². The summed E-state index contributed by atoms with van der Waals surface area (Å²) in [5.41, 5.74) is 23.8. The van der Waals surface area contributed by atoms with Crippen LogP contribution in [0, 0.1) is 0 Å². The lowest BCUT2D eigenvalue weighted by molar-refractivity contribution is 1.17. The summed E-state index contributed by atoms with van der Waals surface area (Å²) >= 11 is 0. The molecule has 298 valence electrons. The van der Waals surface area contributed by atoms with Crippen molar-refractivity contribution in [2.45, 2.75) is 25.7 Å². The third-order valence-electron chi connectivity index (χ3n) is 13.1. The average Bonchev–Trinajstić information content (AvgIpc) is 3.33. The topological polar surface area (TPSA) is 6.48 Å². The molecule has 8 radical (unpaired) electrons. The summed E-state index contributed by atoms with van der Waals surface area (Å²) in [6.45, 7) is -0.0222. The highest BCUT2D eigenvalue weighted by atomic mass is 15.2. The van der Waals surface area contributed by atoms with Crippen LogP contribution in [0.2, 0.25) is 0 Å². The van der Waals surface area contributed by atoms with E-state index in [0.717, 1.165) is 58.9 Å². The Morgan fingerprint density at radius 2 is 0.569 bits per heavy atom. The van der Waals surface area contributed by atoms with Crippen LogP contribution in [0.25, 0.3) is 0 Å². The lowest BCUT2D eigenvalue weighted by Crippen LogP contribution is -2.61. The molecular formula is C58H41B5N2. The second-order valence-corrected chi connectivity index (χ2v) is 17.6. The molecule has 65 heavy (non-hydrogen) atoms. The second kappa shape index (κ2) is 17.1. The van der Waals surface area contributed by atoms with Crippen molar-refractivity contribution in [2.75, 3.05) is 9.80 Å². The summed E-state index contributed by atoms with van der Waals surface area (Å²) < 4.78 is 0. The predicted molar refractivity (Wildman–Crippen MR) is 279 cm³/mol. The molecule has 0 aliphatic carbocycles. The summed E-state index contributed by atoms with van der Waals surface area (Å²) in [5, 5.41) is 0. The van der Waals surface area contributed by atoms with E-state index in [1.165, 1.54) is 83.6 Å². The van der Waals surface area contributed by atoms with E-state index in [4.69, 9.17) is 31.4 Å². The standard InChI is InChI=1S/C58H41B5N2/c59-46-18-4-38(5-19-46)32-42-12-26-50(27-13-42)64-54-30-16-44(34-40-8-22-48(61)23-9-40)36-52(54)63-53-37-45(35-41-10-24-49(62)25-11-41)17-31-55(53)65(57-3-1-2-56(64)58(57)63)51-28-14-43(15-29-51)33-39-6-20-47(60)21-7-39/h1-31,36-37H,32-35H2. The van der Waals surface area contributed by atoms with Gasteiger partial charge in [-0.25, -0.2) is 0 Å². The fourth-order valence-electron chi connectivity index (χ4n) is 9.83. The Kier molecular flexibility index (Phi) is 10.7. The highest BCUT2D eigenvalue weighted by Crippen LogP contribution is 2.44. The zero-order valence-electron chi connectivity index (χ0n) is 36.2. The first-order chi connectivity index (χ1) is 31.8. The van der Waals surface area contributed by atoms with Crippen molar-refractivity contribution in [1.82, 2.24) is 0 Å². The summed E-state index contributed by atoms with van der Waals surface area (Å²) in [6.07, 6.45) is 3.26. The van der Waals surface area contributed by atoms with Gasteiger partial charge in [0.2, 0.25) is 0 Å². The summed E-state index contributed by atoms with van der Waals surface area (Å²) in [6, 6.07) is 72.0. The Morgan fingerprint density at radius 3 is 0.892 bits per heavy atom. The Bertz CT molecular complexity index is 2950. The predicted octanol–water partition coefficient (Wildman–Crippen LogP) is 7.31. The normalized spacial score (nSPS) is 12.4. The van der Waals surface area contributed by atoms with Gasteiger partial charge in [-0.05, 0) is 135 Å². The molecule has 0 saturated carbocycles. The Balaban J connectivity index is 1.07. The minimum absolute atomic E-state index is 0.0222. The van der Waals surface area contributed by atoms with Gasteiger partial charge in [-0.2, -0.15) is 0 Å². The fraction of sp³-hybridized carbons (Fsp3) is 0.0690. The zero-order chi connectivity index (χ0) is 44.0. The Labute approximate surface area is 388 Å². The monoisotopic (exact) mass is 820 g/mol. The molecule has 0 atom stereocenters. The van der Waals surface area contributed by atoms with Gasteiger partial charge in [0, 0.05) is 34.1 Å². The molecule has 9 aromatic rings. The van der Waals surface area contributed by atoms with Gasteiger partial charge in [-0.15, -0.1) is 0 Å². The van der Waals surface area contributed by atoms with Crippen molar-refractivity contribution < 1.29 is 0 Å². The van der Waals surface area contributed by atoms with Gasteiger partial charge in [-0.3, -0.25) is 0 Å². The highest BCUT2D eigenvalue weighted by molar-refractivity contribution is 7.00. The first kappa shape index (κ1) is 40.7. The summed E-state index contributed by atoms with van der Waals surface area (Å²) in [4.78, 5) is 4.95. The highest BCUT2D eigenvalue weighted by Gasteiger charge is 2.43. The van der Waals surface area contributed by atoms with E-state index < -0.39 is 0 Å². The largest absolute Gasteiger partial charge is 0.311 e. The maximum atomic E-state index is 6.12. The molecule has 7 heteroatoms. The van der Waals surface area contributed by atoms with Gasteiger partial charge < -0.3 is 9.80 Å². The van der Waals surface area contributed by atoms with E-state index >= 15 is 0 Å². The van der Waals surface area contributed by atoms with E-state index in [-0.39, 0.29) is 6.71 Å². The number of fused-ring (bicyclic) bond motifs is 4. The molecule has 2 heterocycles. The molecule has 11 rings (SSSR count). The zero-order valence-corrected chi connectivity index (χ0v) is 36.2. The first-order valence-corrected chi connectivity index (χ1v) is 22.3. The Hall–Kier alpha value is -7.10. The third kappa shape index (κ3) is 8.17. The van der Waals surface area contributed by atoms with Crippen molar-refractivity contribution >= 4 is 110 Å².